The molecule has 5 nitrogen and oxygen atoms in total. The van der Waals surface area contributed by atoms with Crippen molar-refractivity contribution in [2.75, 3.05) is 5.75 Å². The summed E-state index contributed by atoms with van der Waals surface area (Å²) in [5.74, 6) is -1.28. The highest BCUT2D eigenvalue weighted by Crippen LogP contribution is 2.28. The van der Waals surface area contributed by atoms with Crippen LogP contribution in [0.5, 0.6) is 0 Å². The van der Waals surface area contributed by atoms with E-state index in [-0.39, 0.29) is 16.3 Å². The summed E-state index contributed by atoms with van der Waals surface area (Å²) in [5.41, 5.74) is 0.279. The molecule has 2 rings (SSSR count). The van der Waals surface area contributed by atoms with Gasteiger partial charge in [-0.25, -0.2) is 13.2 Å². The number of rotatable bonds is 6. The Kier molecular flexibility index (Phi) is 4.13. The highest BCUT2D eigenvalue weighted by molar-refractivity contribution is 7.91. The fourth-order valence-electron chi connectivity index (χ4n) is 2.23. The Morgan fingerprint density at radius 2 is 1.95 bits per heavy atom. The summed E-state index contributed by atoms with van der Waals surface area (Å²) in [5, 5.41) is 9.65. The molecule has 0 aliphatic heterocycles. The van der Waals surface area contributed by atoms with E-state index in [1.807, 2.05) is 6.92 Å². The van der Waals surface area contributed by atoms with Crippen molar-refractivity contribution < 1.29 is 18.3 Å². The summed E-state index contributed by atoms with van der Waals surface area (Å²) >= 11 is 0. The summed E-state index contributed by atoms with van der Waals surface area (Å²) in [6, 6.07) is 6.74. The Bertz CT molecular complexity index is 731. The van der Waals surface area contributed by atoms with Gasteiger partial charge in [0.15, 0.2) is 9.84 Å². The van der Waals surface area contributed by atoms with Gasteiger partial charge in [-0.3, -0.25) is 0 Å². The molecule has 20 heavy (non-hydrogen) atoms. The Morgan fingerprint density at radius 3 is 2.60 bits per heavy atom. The number of H-pyrrole nitrogens is 1. The maximum atomic E-state index is 12.4. The van der Waals surface area contributed by atoms with E-state index in [2.05, 4.69) is 4.98 Å². The lowest BCUT2D eigenvalue weighted by molar-refractivity contribution is 0.0687. The van der Waals surface area contributed by atoms with Crippen LogP contribution in [0.1, 0.15) is 36.7 Å². The number of carboxylic acid groups (broad SMARTS) is 1. The van der Waals surface area contributed by atoms with Gasteiger partial charge in [0.2, 0.25) is 0 Å². The zero-order chi connectivity index (χ0) is 14.8. The first kappa shape index (κ1) is 14.6. The molecule has 0 radical (unpaired) electrons. The van der Waals surface area contributed by atoms with Crippen LogP contribution in [-0.4, -0.2) is 30.2 Å². The second kappa shape index (κ2) is 5.66. The molecule has 0 spiro atoms. The van der Waals surface area contributed by atoms with E-state index in [0.717, 1.165) is 12.8 Å². The predicted molar refractivity (Wildman–Crippen MR) is 76.8 cm³/mol. The summed E-state index contributed by atoms with van der Waals surface area (Å²) in [4.78, 5) is 13.9. The van der Waals surface area contributed by atoms with Crippen LogP contribution in [0.4, 0.5) is 0 Å². The van der Waals surface area contributed by atoms with E-state index in [4.69, 9.17) is 0 Å². The SMILES string of the molecule is CCCCCS(=O)(=O)c1c(C(=O)O)[nH]c2ccccc12. The third kappa shape index (κ3) is 2.70. The van der Waals surface area contributed by atoms with Crippen LogP contribution in [0, 0.1) is 0 Å². The van der Waals surface area contributed by atoms with Gasteiger partial charge in [-0.1, -0.05) is 38.0 Å². The molecule has 0 unspecified atom stereocenters. The lowest BCUT2D eigenvalue weighted by atomic mass is 10.2. The van der Waals surface area contributed by atoms with Gasteiger partial charge in [0.05, 0.1) is 5.75 Å². The van der Waals surface area contributed by atoms with Crippen LogP contribution in [-0.2, 0) is 9.84 Å². The van der Waals surface area contributed by atoms with Crippen molar-refractivity contribution in [2.24, 2.45) is 0 Å². The first-order valence-corrected chi connectivity index (χ1v) is 8.19. The maximum absolute atomic E-state index is 12.4. The topological polar surface area (TPSA) is 87.2 Å². The molecule has 6 heteroatoms. The summed E-state index contributed by atoms with van der Waals surface area (Å²) in [6.07, 6.45) is 2.26. The number of carboxylic acids is 1. The summed E-state index contributed by atoms with van der Waals surface area (Å²) < 4.78 is 24.8. The minimum atomic E-state index is -3.60. The van der Waals surface area contributed by atoms with Gasteiger partial charge in [-0.05, 0) is 12.5 Å². The molecule has 2 N–H and O–H groups in total. The molecule has 0 atom stereocenters. The molecule has 0 aliphatic rings. The molecule has 1 aromatic heterocycles. The standard InChI is InChI=1S/C14H17NO4S/c1-2-3-6-9-20(18,19)13-10-7-4-5-8-11(10)15-12(13)14(16)17/h4-5,7-8,15H,2-3,6,9H2,1H3,(H,16,17). The third-order valence-electron chi connectivity index (χ3n) is 3.20. The summed E-state index contributed by atoms with van der Waals surface area (Å²) in [6.45, 7) is 1.99. The molecular weight excluding hydrogens is 278 g/mol. The lowest BCUT2D eigenvalue weighted by Crippen LogP contribution is -2.11. The average Bonchev–Trinajstić information content (AvgIpc) is 2.79. The largest absolute Gasteiger partial charge is 0.477 e. The van der Waals surface area contributed by atoms with Crippen LogP contribution >= 0.6 is 0 Å². The number of fused-ring (bicyclic) bond motifs is 1. The van der Waals surface area contributed by atoms with E-state index >= 15 is 0 Å². The fourth-order valence-corrected chi connectivity index (χ4v) is 3.98. The zero-order valence-corrected chi connectivity index (χ0v) is 12.0. The molecule has 0 aliphatic carbocycles. The molecule has 0 fully saturated rings. The van der Waals surface area contributed by atoms with E-state index < -0.39 is 15.8 Å². The fraction of sp³-hybridized carbons (Fsp3) is 0.357. The van der Waals surface area contributed by atoms with Crippen LogP contribution in [0.2, 0.25) is 0 Å². The zero-order valence-electron chi connectivity index (χ0n) is 11.2. The monoisotopic (exact) mass is 295 g/mol. The van der Waals surface area contributed by atoms with Crippen LogP contribution in [0.25, 0.3) is 10.9 Å². The van der Waals surface area contributed by atoms with Gasteiger partial charge in [0.1, 0.15) is 10.6 Å². The van der Waals surface area contributed by atoms with Crippen molar-refractivity contribution >= 4 is 26.7 Å². The van der Waals surface area contributed by atoms with Crippen LogP contribution in [0.15, 0.2) is 29.2 Å². The van der Waals surface area contributed by atoms with Gasteiger partial charge in [0, 0.05) is 10.9 Å². The van der Waals surface area contributed by atoms with Gasteiger partial charge >= 0.3 is 5.97 Å². The smallest absolute Gasteiger partial charge is 0.353 e. The number of para-hydroxylation sites is 1. The molecule has 2 aromatic rings. The number of benzene rings is 1. The quantitative estimate of drug-likeness (QED) is 0.802. The third-order valence-corrected chi connectivity index (χ3v) is 5.07. The Labute approximate surface area is 117 Å². The van der Waals surface area contributed by atoms with Gasteiger partial charge < -0.3 is 10.1 Å². The minimum Gasteiger partial charge on any atom is -0.477 e. The number of sulfone groups is 1. The van der Waals surface area contributed by atoms with E-state index in [1.165, 1.54) is 0 Å². The van der Waals surface area contributed by atoms with E-state index in [0.29, 0.717) is 17.3 Å². The average molecular weight is 295 g/mol. The Hall–Kier alpha value is -1.82. The number of aromatic amines is 1. The highest BCUT2D eigenvalue weighted by atomic mass is 32.2. The number of aromatic nitrogens is 1. The molecule has 1 aromatic carbocycles. The van der Waals surface area contributed by atoms with E-state index in [1.54, 1.807) is 24.3 Å². The van der Waals surface area contributed by atoms with Crippen molar-refractivity contribution in [2.45, 2.75) is 31.1 Å². The molecule has 0 saturated carbocycles. The van der Waals surface area contributed by atoms with Crippen LogP contribution < -0.4 is 0 Å². The Morgan fingerprint density at radius 1 is 1.25 bits per heavy atom. The van der Waals surface area contributed by atoms with Gasteiger partial charge in [0.25, 0.3) is 0 Å². The maximum Gasteiger partial charge on any atom is 0.353 e. The number of carbonyl (C=O) groups is 1. The second-order valence-corrected chi connectivity index (χ2v) is 6.75. The van der Waals surface area contributed by atoms with Crippen molar-refractivity contribution in [3.05, 3.63) is 30.0 Å². The lowest BCUT2D eigenvalue weighted by Gasteiger charge is -2.04. The van der Waals surface area contributed by atoms with Gasteiger partial charge in [-0.15, -0.1) is 0 Å². The first-order chi connectivity index (χ1) is 9.47. The molecule has 108 valence electrons. The summed E-state index contributed by atoms with van der Waals surface area (Å²) in [7, 11) is -3.60. The number of unbranched alkanes of at least 4 members (excludes halogenated alkanes) is 2. The number of hydrogen-bond donors (Lipinski definition) is 2. The highest BCUT2D eigenvalue weighted by Gasteiger charge is 2.27. The normalized spacial score (nSPS) is 11.8. The van der Waals surface area contributed by atoms with E-state index in [9.17, 15) is 18.3 Å². The number of aromatic carboxylic acids is 1. The van der Waals surface area contributed by atoms with Crippen molar-refractivity contribution in [3.8, 4) is 0 Å². The van der Waals surface area contributed by atoms with Crippen molar-refractivity contribution in [3.63, 3.8) is 0 Å². The predicted octanol–water partition coefficient (Wildman–Crippen LogP) is 2.83. The van der Waals surface area contributed by atoms with Crippen LogP contribution in [0.3, 0.4) is 0 Å². The molecular formula is C14H17NO4S. The first-order valence-electron chi connectivity index (χ1n) is 6.54. The van der Waals surface area contributed by atoms with Gasteiger partial charge in [-0.2, -0.15) is 0 Å². The van der Waals surface area contributed by atoms with Crippen molar-refractivity contribution in [1.82, 2.24) is 4.98 Å². The number of hydrogen-bond acceptors (Lipinski definition) is 3. The molecule has 0 bridgehead atoms. The molecule has 0 amide bonds. The minimum absolute atomic E-state index is 0.0248. The molecule has 1 heterocycles. The molecule has 0 saturated heterocycles. The second-order valence-electron chi connectivity index (χ2n) is 4.71. The Balaban J connectivity index is 2.56. The van der Waals surface area contributed by atoms with Crippen molar-refractivity contribution in [1.29, 1.82) is 0 Å². The number of nitrogens with one attached hydrogen (secondary N) is 1.